The Balaban J connectivity index is 0.000000364. The quantitative estimate of drug-likeness (QED) is 0.649. The molecule has 0 spiro atoms. The molecule has 0 unspecified atom stereocenters. The van der Waals surface area contributed by atoms with E-state index in [-0.39, 0.29) is 5.78 Å². The Labute approximate surface area is 85.8 Å². The van der Waals surface area contributed by atoms with Gasteiger partial charge in [0.1, 0.15) is 5.78 Å². The van der Waals surface area contributed by atoms with Crippen LogP contribution in [-0.4, -0.2) is 5.78 Å². The lowest BCUT2D eigenvalue weighted by atomic mass is 10.2. The summed E-state index contributed by atoms with van der Waals surface area (Å²) in [5, 5.41) is 0. The van der Waals surface area contributed by atoms with Crippen LogP contribution in [0.1, 0.15) is 19.4 Å². The fourth-order valence-corrected chi connectivity index (χ4v) is 0.743. The number of rotatable bonds is 2. The highest BCUT2D eigenvalue weighted by atomic mass is 16.1. The van der Waals surface area contributed by atoms with Crippen molar-refractivity contribution in [3.8, 4) is 0 Å². The Hall–Kier alpha value is -1.63. The molecule has 0 aliphatic heterocycles. The maximum atomic E-state index is 9.44. The van der Waals surface area contributed by atoms with Crippen LogP contribution in [0.5, 0.6) is 0 Å². The van der Waals surface area contributed by atoms with E-state index in [1.165, 1.54) is 19.4 Å². The minimum atomic E-state index is 0.167. The van der Waals surface area contributed by atoms with Gasteiger partial charge in [-0.2, -0.15) is 0 Å². The molecular formula is C13H16O. The third kappa shape index (κ3) is 8.47. The first-order valence-electron chi connectivity index (χ1n) is 4.48. The van der Waals surface area contributed by atoms with Crippen LogP contribution in [0.25, 0.3) is 6.08 Å². The summed E-state index contributed by atoms with van der Waals surface area (Å²) in [6.07, 6.45) is 5.72. The van der Waals surface area contributed by atoms with Crippen LogP contribution < -0.4 is 0 Å². The van der Waals surface area contributed by atoms with Gasteiger partial charge in [0.2, 0.25) is 0 Å². The van der Waals surface area contributed by atoms with Gasteiger partial charge < -0.3 is 4.79 Å². The van der Waals surface area contributed by atoms with Gasteiger partial charge in [0.05, 0.1) is 0 Å². The van der Waals surface area contributed by atoms with Crippen molar-refractivity contribution in [1.82, 2.24) is 0 Å². The molecule has 0 aliphatic rings. The Kier molecular flexibility index (Phi) is 7.06. The van der Waals surface area contributed by atoms with E-state index in [0.29, 0.717) is 0 Å². The first-order chi connectivity index (χ1) is 6.66. The maximum absolute atomic E-state index is 9.44. The predicted octanol–water partition coefficient (Wildman–Crippen LogP) is 3.48. The molecule has 0 heterocycles. The van der Waals surface area contributed by atoms with Crippen LogP contribution in [-0.2, 0) is 4.79 Å². The van der Waals surface area contributed by atoms with Crippen LogP contribution >= 0.6 is 0 Å². The van der Waals surface area contributed by atoms with Crippen LogP contribution in [0.4, 0.5) is 0 Å². The molecule has 1 aromatic rings. The van der Waals surface area contributed by atoms with Gasteiger partial charge in [-0.15, -0.1) is 0 Å². The Bertz CT molecular complexity index is 292. The molecule has 0 aromatic heterocycles. The van der Waals surface area contributed by atoms with Gasteiger partial charge in [-0.1, -0.05) is 55.1 Å². The minimum Gasteiger partial charge on any atom is -0.300 e. The lowest BCUT2D eigenvalue weighted by Crippen LogP contribution is -1.69. The van der Waals surface area contributed by atoms with E-state index in [1.807, 2.05) is 30.4 Å². The van der Waals surface area contributed by atoms with Crippen molar-refractivity contribution in [1.29, 1.82) is 0 Å². The fraction of sp³-hybridized carbons (Fsp3) is 0.154. The van der Waals surface area contributed by atoms with Crippen molar-refractivity contribution in [3.63, 3.8) is 0 Å². The zero-order valence-electron chi connectivity index (χ0n) is 8.73. The smallest absolute Gasteiger partial charge is 0.126 e. The lowest BCUT2D eigenvalue weighted by molar-refractivity contribution is -0.114. The molecular weight excluding hydrogens is 172 g/mol. The second-order valence-electron chi connectivity index (χ2n) is 2.91. The zero-order valence-corrected chi connectivity index (χ0v) is 8.73. The van der Waals surface area contributed by atoms with Crippen molar-refractivity contribution in [2.75, 3.05) is 0 Å². The van der Waals surface area contributed by atoms with Gasteiger partial charge in [-0.3, -0.25) is 0 Å². The van der Waals surface area contributed by atoms with E-state index < -0.39 is 0 Å². The summed E-state index contributed by atoms with van der Waals surface area (Å²) in [5.41, 5.74) is 1.21. The standard InChI is InChI=1S/C10H10.C3H6O/c1-2-3-7-10-8-5-4-6-9-10;1-3(2)4/h2-9H,1H2;1-2H3. The molecule has 1 nitrogen and oxygen atoms in total. The van der Waals surface area contributed by atoms with E-state index in [0.717, 1.165) is 0 Å². The molecule has 1 rings (SSSR count). The third-order valence-corrected chi connectivity index (χ3v) is 1.22. The molecule has 0 saturated heterocycles. The van der Waals surface area contributed by atoms with E-state index in [2.05, 4.69) is 18.7 Å². The summed E-state index contributed by atoms with van der Waals surface area (Å²) in [6, 6.07) is 10.1. The highest BCUT2D eigenvalue weighted by Gasteiger charge is 1.78. The summed E-state index contributed by atoms with van der Waals surface area (Å²) < 4.78 is 0. The van der Waals surface area contributed by atoms with Crippen LogP contribution in [0.15, 0.2) is 49.1 Å². The van der Waals surface area contributed by atoms with Crippen molar-refractivity contribution in [2.24, 2.45) is 0 Å². The molecule has 0 radical (unpaired) electrons. The second-order valence-corrected chi connectivity index (χ2v) is 2.91. The second kappa shape index (κ2) is 7.99. The number of carbonyl (C=O) groups excluding carboxylic acids is 1. The summed E-state index contributed by atoms with van der Waals surface area (Å²) in [7, 11) is 0. The van der Waals surface area contributed by atoms with Gasteiger partial charge in [-0.05, 0) is 19.4 Å². The Morgan fingerprint density at radius 3 is 2.14 bits per heavy atom. The average Bonchev–Trinajstić information content (AvgIpc) is 2.15. The highest BCUT2D eigenvalue weighted by molar-refractivity contribution is 5.72. The minimum absolute atomic E-state index is 0.167. The molecule has 0 aliphatic carbocycles. The van der Waals surface area contributed by atoms with E-state index in [4.69, 9.17) is 0 Å². The van der Waals surface area contributed by atoms with Crippen LogP contribution in [0.2, 0.25) is 0 Å². The molecule has 0 fully saturated rings. The number of hydrogen-bond acceptors (Lipinski definition) is 1. The zero-order chi connectivity index (χ0) is 10.8. The molecule has 14 heavy (non-hydrogen) atoms. The monoisotopic (exact) mass is 188 g/mol. The van der Waals surface area contributed by atoms with Gasteiger partial charge >= 0.3 is 0 Å². The summed E-state index contributed by atoms with van der Waals surface area (Å²) in [4.78, 5) is 9.44. The first kappa shape index (κ1) is 12.4. The van der Waals surface area contributed by atoms with Crippen molar-refractivity contribution in [3.05, 3.63) is 54.6 Å². The normalized spacial score (nSPS) is 9.00. The molecule has 0 bridgehead atoms. The van der Waals surface area contributed by atoms with Crippen LogP contribution in [0, 0.1) is 0 Å². The number of carbonyl (C=O) groups is 1. The van der Waals surface area contributed by atoms with Crippen molar-refractivity contribution < 1.29 is 4.79 Å². The number of hydrogen-bond donors (Lipinski definition) is 0. The number of ketones is 1. The van der Waals surface area contributed by atoms with E-state index in [9.17, 15) is 4.79 Å². The fourth-order valence-electron chi connectivity index (χ4n) is 0.743. The van der Waals surface area contributed by atoms with E-state index >= 15 is 0 Å². The maximum Gasteiger partial charge on any atom is 0.126 e. The molecule has 0 saturated carbocycles. The highest BCUT2D eigenvalue weighted by Crippen LogP contribution is 1.99. The first-order valence-corrected chi connectivity index (χ1v) is 4.48. The van der Waals surface area contributed by atoms with Gasteiger partial charge in [-0.25, -0.2) is 0 Å². The molecule has 0 atom stereocenters. The average molecular weight is 188 g/mol. The summed E-state index contributed by atoms with van der Waals surface area (Å²) >= 11 is 0. The van der Waals surface area contributed by atoms with Gasteiger partial charge in [0, 0.05) is 0 Å². The van der Waals surface area contributed by atoms with E-state index in [1.54, 1.807) is 6.08 Å². The SMILES string of the molecule is C=CC=Cc1ccccc1.CC(C)=O. The topological polar surface area (TPSA) is 17.1 Å². The molecule has 74 valence electrons. The summed E-state index contributed by atoms with van der Waals surface area (Å²) in [5.74, 6) is 0.167. The molecule has 1 heteroatoms. The lowest BCUT2D eigenvalue weighted by Gasteiger charge is -1.87. The number of Topliss-reactive ketones (excluding diaryl/α,β-unsaturated/α-hetero) is 1. The number of benzene rings is 1. The van der Waals surface area contributed by atoms with Crippen molar-refractivity contribution in [2.45, 2.75) is 13.8 Å². The largest absolute Gasteiger partial charge is 0.300 e. The molecule has 0 N–H and O–H groups in total. The molecule has 0 amide bonds. The summed E-state index contributed by atoms with van der Waals surface area (Å²) in [6.45, 7) is 6.64. The molecule has 1 aromatic carbocycles. The Morgan fingerprint density at radius 2 is 1.71 bits per heavy atom. The number of allylic oxidation sites excluding steroid dienone is 2. The van der Waals surface area contributed by atoms with Gasteiger partial charge in [0.25, 0.3) is 0 Å². The van der Waals surface area contributed by atoms with Gasteiger partial charge in [0.15, 0.2) is 0 Å². The third-order valence-electron chi connectivity index (χ3n) is 1.22. The van der Waals surface area contributed by atoms with Crippen molar-refractivity contribution >= 4 is 11.9 Å². The Morgan fingerprint density at radius 1 is 1.21 bits per heavy atom. The predicted molar refractivity (Wildman–Crippen MR) is 62.0 cm³/mol. The van der Waals surface area contributed by atoms with Crippen LogP contribution in [0.3, 0.4) is 0 Å².